The lowest BCUT2D eigenvalue weighted by Crippen LogP contribution is -2.20. The van der Waals surface area contributed by atoms with Crippen molar-refractivity contribution in [3.63, 3.8) is 0 Å². The molecule has 3 aromatic carbocycles. The van der Waals surface area contributed by atoms with Crippen LogP contribution >= 0.6 is 0 Å². The molecule has 0 radical (unpaired) electrons. The fraction of sp³-hybridized carbons (Fsp3) is 0.379. The van der Waals surface area contributed by atoms with Crippen LogP contribution in [0.1, 0.15) is 59.8 Å². The van der Waals surface area contributed by atoms with Crippen molar-refractivity contribution >= 4 is 0 Å². The predicted octanol–water partition coefficient (Wildman–Crippen LogP) is 6.56. The third kappa shape index (κ3) is 5.78. The van der Waals surface area contributed by atoms with Crippen molar-refractivity contribution in [1.82, 2.24) is 0 Å². The Hall–Kier alpha value is -2.89. The monoisotopic (exact) mass is 464 g/mol. The third-order valence-corrected chi connectivity index (χ3v) is 6.73. The van der Waals surface area contributed by atoms with Crippen LogP contribution in [0.2, 0.25) is 0 Å². The summed E-state index contributed by atoms with van der Waals surface area (Å²) in [5.74, 6) is 1.23. The third-order valence-electron chi connectivity index (χ3n) is 6.73. The number of aryl methyl sites for hydroxylation is 1. The Kier molecular flexibility index (Phi) is 8.20. The van der Waals surface area contributed by atoms with Crippen LogP contribution in [0.4, 0.5) is 4.39 Å². The normalized spacial score (nSPS) is 17.5. The number of aromatic hydroxyl groups is 1. The van der Waals surface area contributed by atoms with Crippen LogP contribution in [-0.2, 0) is 15.9 Å². The molecule has 0 aliphatic heterocycles. The van der Waals surface area contributed by atoms with Crippen molar-refractivity contribution in [3.8, 4) is 11.5 Å². The smallest absolute Gasteiger partial charge is 0.156 e. The maximum absolute atomic E-state index is 13.6. The van der Waals surface area contributed by atoms with Crippen LogP contribution < -0.4 is 4.74 Å². The van der Waals surface area contributed by atoms with E-state index in [4.69, 9.17) is 14.2 Å². The molecule has 0 aromatic heterocycles. The van der Waals surface area contributed by atoms with Gasteiger partial charge in [-0.3, -0.25) is 0 Å². The van der Waals surface area contributed by atoms with E-state index in [1.807, 2.05) is 36.4 Å². The number of phenols is 1. The highest BCUT2D eigenvalue weighted by Gasteiger charge is 2.32. The van der Waals surface area contributed by atoms with Crippen molar-refractivity contribution < 1.29 is 23.7 Å². The van der Waals surface area contributed by atoms with Crippen molar-refractivity contribution in [2.24, 2.45) is 0 Å². The molecule has 2 atom stereocenters. The van der Waals surface area contributed by atoms with E-state index in [0.29, 0.717) is 12.4 Å². The number of halogens is 1. The zero-order chi connectivity index (χ0) is 23.9. The van der Waals surface area contributed by atoms with Gasteiger partial charge in [0.15, 0.2) is 6.29 Å². The van der Waals surface area contributed by atoms with Crippen LogP contribution in [0.3, 0.4) is 0 Å². The fourth-order valence-corrected chi connectivity index (χ4v) is 5.02. The number of ether oxygens (including phenoxy) is 3. The van der Waals surface area contributed by atoms with Crippen LogP contribution in [0.5, 0.6) is 11.5 Å². The molecule has 0 amide bonds. The molecule has 5 heteroatoms. The summed E-state index contributed by atoms with van der Waals surface area (Å²) in [6.45, 7) is 0.625. The van der Waals surface area contributed by atoms with Gasteiger partial charge in [0, 0.05) is 20.1 Å². The van der Waals surface area contributed by atoms with Gasteiger partial charge < -0.3 is 19.3 Å². The summed E-state index contributed by atoms with van der Waals surface area (Å²) in [5, 5.41) is 10.0. The number of rotatable bonds is 10. The van der Waals surface area contributed by atoms with Crippen molar-refractivity contribution in [2.75, 3.05) is 20.8 Å². The molecule has 34 heavy (non-hydrogen) atoms. The van der Waals surface area contributed by atoms with Crippen LogP contribution in [0.15, 0.2) is 66.7 Å². The zero-order valence-corrected chi connectivity index (χ0v) is 19.9. The summed E-state index contributed by atoms with van der Waals surface area (Å²) in [6, 6.07) is 20.8. The summed E-state index contributed by atoms with van der Waals surface area (Å²) in [7, 11) is 3.31. The minimum Gasteiger partial charge on any atom is -0.508 e. The minimum absolute atomic E-state index is 0.0996. The Balaban J connectivity index is 1.54. The number of methoxy groups -OCH3 is 2. The van der Waals surface area contributed by atoms with E-state index in [-0.39, 0.29) is 23.9 Å². The van der Waals surface area contributed by atoms with Crippen LogP contribution in [0.25, 0.3) is 0 Å². The first-order valence-corrected chi connectivity index (χ1v) is 11.9. The Morgan fingerprint density at radius 1 is 0.941 bits per heavy atom. The number of benzene rings is 3. The standard InChI is InChI=1S/C29H33FO4/c1-32-28(33-2)8-3-4-17-34-25-7-5-6-22(19-25)29-26(20-9-12-23(30)13-10-20)15-11-21-18-24(31)14-16-27(21)29/h5-7,9-10,12-14,16,18-19,26,28-29,31H,3-4,8,11,15,17H2,1-2H3/t26-,29+/m0/s1. The summed E-state index contributed by atoms with van der Waals surface area (Å²) >= 11 is 0. The lowest BCUT2D eigenvalue weighted by molar-refractivity contribution is -0.107. The van der Waals surface area contributed by atoms with E-state index in [1.165, 1.54) is 23.3 Å². The van der Waals surface area contributed by atoms with Gasteiger partial charge in [0.1, 0.15) is 17.3 Å². The largest absolute Gasteiger partial charge is 0.508 e. The van der Waals surface area contributed by atoms with Crippen LogP contribution in [0, 0.1) is 5.82 Å². The summed E-state index contributed by atoms with van der Waals surface area (Å²) in [4.78, 5) is 0. The van der Waals surface area contributed by atoms with Gasteiger partial charge in [-0.15, -0.1) is 0 Å². The fourth-order valence-electron chi connectivity index (χ4n) is 5.02. The topological polar surface area (TPSA) is 47.9 Å². The molecule has 0 spiro atoms. The van der Waals surface area contributed by atoms with E-state index in [2.05, 4.69) is 12.1 Å². The number of fused-ring (bicyclic) bond motifs is 1. The second-order valence-electron chi connectivity index (χ2n) is 8.88. The first kappa shape index (κ1) is 24.2. The molecule has 4 rings (SSSR count). The summed E-state index contributed by atoms with van der Waals surface area (Å²) < 4.78 is 30.2. The van der Waals surface area contributed by atoms with E-state index >= 15 is 0 Å². The molecule has 1 aliphatic carbocycles. The average molecular weight is 465 g/mol. The Morgan fingerprint density at radius 3 is 2.50 bits per heavy atom. The highest BCUT2D eigenvalue weighted by Crippen LogP contribution is 2.47. The average Bonchev–Trinajstić information content (AvgIpc) is 2.86. The predicted molar refractivity (Wildman–Crippen MR) is 131 cm³/mol. The second-order valence-corrected chi connectivity index (χ2v) is 8.88. The first-order valence-electron chi connectivity index (χ1n) is 11.9. The zero-order valence-electron chi connectivity index (χ0n) is 19.9. The molecule has 0 saturated carbocycles. The molecule has 0 saturated heterocycles. The van der Waals surface area contributed by atoms with Gasteiger partial charge >= 0.3 is 0 Å². The molecule has 180 valence electrons. The molecule has 3 aromatic rings. The van der Waals surface area contributed by atoms with E-state index in [9.17, 15) is 9.50 Å². The molecule has 0 bridgehead atoms. The molecule has 1 aliphatic rings. The van der Waals surface area contributed by atoms with E-state index in [1.54, 1.807) is 20.3 Å². The Morgan fingerprint density at radius 2 is 1.74 bits per heavy atom. The van der Waals surface area contributed by atoms with Gasteiger partial charge in [-0.1, -0.05) is 30.3 Å². The van der Waals surface area contributed by atoms with E-state index in [0.717, 1.165) is 49.0 Å². The van der Waals surface area contributed by atoms with Crippen molar-refractivity contribution in [2.45, 2.75) is 50.2 Å². The van der Waals surface area contributed by atoms with Gasteiger partial charge in [0.05, 0.1) is 6.61 Å². The first-order chi connectivity index (χ1) is 16.6. The van der Waals surface area contributed by atoms with Crippen LogP contribution in [-0.4, -0.2) is 32.2 Å². The number of hydrogen-bond acceptors (Lipinski definition) is 4. The van der Waals surface area contributed by atoms with Gasteiger partial charge in [0.25, 0.3) is 0 Å². The molecule has 4 nitrogen and oxygen atoms in total. The van der Waals surface area contributed by atoms with Crippen molar-refractivity contribution in [1.29, 1.82) is 0 Å². The number of phenolic OH excluding ortho intramolecular Hbond substituents is 1. The van der Waals surface area contributed by atoms with E-state index < -0.39 is 0 Å². The molecule has 0 heterocycles. The molecule has 0 unspecified atom stereocenters. The van der Waals surface area contributed by atoms with Gasteiger partial charge in [-0.05, 0) is 96.7 Å². The maximum Gasteiger partial charge on any atom is 0.156 e. The minimum atomic E-state index is -0.223. The van der Waals surface area contributed by atoms with Crippen molar-refractivity contribution in [3.05, 3.63) is 94.8 Å². The number of unbranched alkanes of at least 4 members (excludes halogenated alkanes) is 1. The van der Waals surface area contributed by atoms with Gasteiger partial charge in [-0.2, -0.15) is 0 Å². The summed E-state index contributed by atoms with van der Waals surface area (Å²) in [6.07, 6.45) is 4.34. The lowest BCUT2D eigenvalue weighted by Gasteiger charge is -2.35. The molecule has 1 N–H and O–H groups in total. The Labute approximate surface area is 201 Å². The quantitative estimate of drug-likeness (QED) is 0.273. The molecular weight excluding hydrogens is 431 g/mol. The summed E-state index contributed by atoms with van der Waals surface area (Å²) in [5.41, 5.74) is 4.67. The highest BCUT2D eigenvalue weighted by atomic mass is 19.1. The SMILES string of the molecule is COC(CCCCOc1cccc([C@H]2c3ccc(O)cc3CC[C@H]2c2ccc(F)cc2)c1)OC. The lowest BCUT2D eigenvalue weighted by atomic mass is 9.69. The van der Waals surface area contributed by atoms with Gasteiger partial charge in [-0.25, -0.2) is 4.39 Å². The maximum atomic E-state index is 13.6. The number of hydrogen-bond donors (Lipinski definition) is 1. The molecule has 0 fully saturated rings. The highest BCUT2D eigenvalue weighted by molar-refractivity contribution is 5.48. The van der Waals surface area contributed by atoms with Gasteiger partial charge in [0.2, 0.25) is 0 Å². The second kappa shape index (κ2) is 11.5. The molecular formula is C29H33FO4. The Bertz CT molecular complexity index is 1060.